The van der Waals surface area contributed by atoms with Crippen LogP contribution in [0.2, 0.25) is 0 Å². The molecule has 1 saturated heterocycles. The molecule has 18 heavy (non-hydrogen) atoms. The van der Waals surface area contributed by atoms with Gasteiger partial charge in [0, 0.05) is 26.2 Å². The van der Waals surface area contributed by atoms with Crippen molar-refractivity contribution in [2.24, 2.45) is 0 Å². The molecule has 3 nitrogen and oxygen atoms in total. The lowest BCUT2D eigenvalue weighted by Crippen LogP contribution is -2.54. The Kier molecular flexibility index (Phi) is 6.67. The van der Waals surface area contributed by atoms with E-state index in [1.807, 2.05) is 13.8 Å². The monoisotopic (exact) mass is 251 g/mol. The van der Waals surface area contributed by atoms with Crippen molar-refractivity contribution in [2.45, 2.75) is 58.4 Å². The number of rotatable bonds is 7. The van der Waals surface area contributed by atoms with Gasteiger partial charge in [-0.05, 0) is 26.8 Å². The van der Waals surface area contributed by atoms with Crippen LogP contribution in [0.3, 0.4) is 0 Å². The Morgan fingerprint density at radius 1 is 1.00 bits per heavy atom. The molecule has 0 atom stereocenters. The van der Waals surface area contributed by atoms with Crippen molar-refractivity contribution in [1.82, 2.24) is 9.80 Å². The summed E-state index contributed by atoms with van der Waals surface area (Å²) in [5, 5.41) is 9.13. The first-order chi connectivity index (χ1) is 8.60. The summed E-state index contributed by atoms with van der Waals surface area (Å²) in [5.74, 6) is 0. The van der Waals surface area contributed by atoms with E-state index in [2.05, 4.69) is 22.8 Å². The first-order valence-corrected chi connectivity index (χ1v) is 7.49. The highest BCUT2D eigenvalue weighted by Gasteiger charge is 2.29. The molecule has 3 heteroatoms. The lowest BCUT2D eigenvalue weighted by atomic mass is 10.0. The van der Waals surface area contributed by atoms with Gasteiger partial charge in [0.05, 0.1) is 6.07 Å². The molecule has 1 aliphatic rings. The summed E-state index contributed by atoms with van der Waals surface area (Å²) in [4.78, 5) is 4.86. The molecule has 0 radical (unpaired) electrons. The van der Waals surface area contributed by atoms with Crippen molar-refractivity contribution in [3.05, 3.63) is 0 Å². The van der Waals surface area contributed by atoms with Gasteiger partial charge in [0.15, 0.2) is 0 Å². The molecule has 0 aromatic carbocycles. The van der Waals surface area contributed by atoms with Gasteiger partial charge < -0.3 is 4.90 Å². The topological polar surface area (TPSA) is 30.3 Å². The zero-order valence-corrected chi connectivity index (χ0v) is 12.4. The first-order valence-electron chi connectivity index (χ1n) is 7.49. The number of nitrogens with zero attached hydrogens (tertiary/aromatic N) is 3. The van der Waals surface area contributed by atoms with Crippen molar-refractivity contribution in [3.8, 4) is 6.07 Å². The zero-order chi connectivity index (χ0) is 13.4. The van der Waals surface area contributed by atoms with Crippen LogP contribution in [-0.2, 0) is 0 Å². The van der Waals surface area contributed by atoms with Crippen LogP contribution >= 0.6 is 0 Å². The third-order valence-electron chi connectivity index (χ3n) is 4.01. The van der Waals surface area contributed by atoms with Gasteiger partial charge in [-0.2, -0.15) is 5.26 Å². The van der Waals surface area contributed by atoms with Gasteiger partial charge >= 0.3 is 0 Å². The van der Waals surface area contributed by atoms with Crippen LogP contribution in [0.1, 0.15) is 52.9 Å². The smallest absolute Gasteiger partial charge is 0.103 e. The fourth-order valence-corrected chi connectivity index (χ4v) is 2.54. The summed E-state index contributed by atoms with van der Waals surface area (Å²) in [7, 11) is 0. The number of piperazine rings is 1. The largest absolute Gasteiger partial charge is 0.301 e. The molecule has 1 fully saturated rings. The van der Waals surface area contributed by atoms with Crippen LogP contribution in [0, 0.1) is 11.3 Å². The van der Waals surface area contributed by atoms with E-state index in [9.17, 15) is 0 Å². The van der Waals surface area contributed by atoms with Crippen LogP contribution in [0.15, 0.2) is 0 Å². The normalized spacial score (nSPS) is 18.8. The molecule has 0 aromatic rings. The van der Waals surface area contributed by atoms with Crippen LogP contribution in [0.25, 0.3) is 0 Å². The lowest BCUT2D eigenvalue weighted by molar-refractivity contribution is 0.0792. The molecule has 0 N–H and O–H groups in total. The fourth-order valence-electron chi connectivity index (χ4n) is 2.54. The van der Waals surface area contributed by atoms with Gasteiger partial charge in [0.1, 0.15) is 5.54 Å². The van der Waals surface area contributed by atoms with Gasteiger partial charge in [0.2, 0.25) is 0 Å². The van der Waals surface area contributed by atoms with E-state index in [-0.39, 0.29) is 5.54 Å². The summed E-state index contributed by atoms with van der Waals surface area (Å²) >= 11 is 0. The molecule has 0 spiro atoms. The molecule has 0 unspecified atom stereocenters. The van der Waals surface area contributed by atoms with E-state index in [4.69, 9.17) is 5.26 Å². The van der Waals surface area contributed by atoms with Gasteiger partial charge in [-0.25, -0.2) is 0 Å². The number of nitriles is 1. The summed E-state index contributed by atoms with van der Waals surface area (Å²) in [5.41, 5.74) is -0.298. The third-order valence-corrected chi connectivity index (χ3v) is 4.01. The van der Waals surface area contributed by atoms with Crippen molar-refractivity contribution >= 4 is 0 Å². The molecule has 0 aromatic heterocycles. The van der Waals surface area contributed by atoms with Crippen molar-refractivity contribution in [2.75, 3.05) is 32.7 Å². The predicted molar refractivity (Wildman–Crippen MR) is 76.5 cm³/mol. The maximum Gasteiger partial charge on any atom is 0.103 e. The summed E-state index contributed by atoms with van der Waals surface area (Å²) in [6.45, 7) is 11.9. The average molecular weight is 251 g/mol. The highest BCUT2D eigenvalue weighted by Crippen LogP contribution is 2.16. The Hall–Kier alpha value is -0.590. The van der Waals surface area contributed by atoms with Crippen molar-refractivity contribution < 1.29 is 0 Å². The van der Waals surface area contributed by atoms with Crippen molar-refractivity contribution in [3.63, 3.8) is 0 Å². The van der Waals surface area contributed by atoms with Gasteiger partial charge in [0.25, 0.3) is 0 Å². The third kappa shape index (κ3) is 4.96. The first kappa shape index (κ1) is 15.5. The molecule has 0 aliphatic carbocycles. The van der Waals surface area contributed by atoms with E-state index in [1.54, 1.807) is 0 Å². The Bertz CT molecular complexity index is 259. The standard InChI is InChI=1S/C15H29N3/c1-4-5-6-7-8-9-17-10-12-18(13-11-17)15(2,3)14-16/h4-13H2,1-3H3. The molecule has 0 saturated carbocycles. The maximum absolute atomic E-state index is 9.13. The quantitative estimate of drug-likeness (QED) is 0.652. The highest BCUT2D eigenvalue weighted by atomic mass is 15.3. The molecular weight excluding hydrogens is 222 g/mol. The molecule has 0 bridgehead atoms. The summed E-state index contributed by atoms with van der Waals surface area (Å²) < 4.78 is 0. The fraction of sp³-hybridized carbons (Fsp3) is 0.933. The molecule has 1 rings (SSSR count). The van der Waals surface area contributed by atoms with Crippen molar-refractivity contribution in [1.29, 1.82) is 5.26 Å². The second-order valence-electron chi connectivity index (χ2n) is 5.91. The lowest BCUT2D eigenvalue weighted by Gasteiger charge is -2.40. The summed E-state index contributed by atoms with van der Waals surface area (Å²) in [6.07, 6.45) is 6.80. The van der Waals surface area contributed by atoms with Gasteiger partial charge in [-0.15, -0.1) is 0 Å². The van der Waals surface area contributed by atoms with Crippen LogP contribution in [0.5, 0.6) is 0 Å². The number of unbranched alkanes of at least 4 members (excludes halogenated alkanes) is 4. The van der Waals surface area contributed by atoms with Gasteiger partial charge in [-0.3, -0.25) is 4.90 Å². The second kappa shape index (κ2) is 7.76. The van der Waals surface area contributed by atoms with E-state index >= 15 is 0 Å². The zero-order valence-electron chi connectivity index (χ0n) is 12.4. The van der Waals surface area contributed by atoms with E-state index < -0.39 is 0 Å². The average Bonchev–Trinajstić information content (AvgIpc) is 2.39. The minimum Gasteiger partial charge on any atom is -0.301 e. The number of hydrogen-bond acceptors (Lipinski definition) is 3. The molecule has 1 heterocycles. The predicted octanol–water partition coefficient (Wildman–Crippen LogP) is 2.88. The molecule has 0 amide bonds. The van der Waals surface area contributed by atoms with Crippen LogP contribution < -0.4 is 0 Å². The second-order valence-corrected chi connectivity index (χ2v) is 5.91. The highest BCUT2D eigenvalue weighted by molar-refractivity contribution is 5.02. The maximum atomic E-state index is 9.13. The van der Waals surface area contributed by atoms with Gasteiger partial charge in [-0.1, -0.05) is 32.6 Å². The minimum atomic E-state index is -0.298. The Balaban J connectivity index is 2.14. The minimum absolute atomic E-state index is 0.298. The van der Waals surface area contributed by atoms with Crippen LogP contribution in [-0.4, -0.2) is 48.1 Å². The Morgan fingerprint density at radius 2 is 1.61 bits per heavy atom. The van der Waals surface area contributed by atoms with Crippen LogP contribution in [0.4, 0.5) is 0 Å². The molecule has 1 aliphatic heterocycles. The SMILES string of the molecule is CCCCCCCN1CCN(C(C)(C)C#N)CC1. The van der Waals surface area contributed by atoms with E-state index in [0.29, 0.717) is 0 Å². The summed E-state index contributed by atoms with van der Waals surface area (Å²) in [6, 6.07) is 2.40. The van der Waals surface area contributed by atoms with E-state index in [1.165, 1.54) is 38.6 Å². The number of hydrogen-bond donors (Lipinski definition) is 0. The Labute approximate surface area is 113 Å². The molecular formula is C15H29N3. The Morgan fingerprint density at radius 3 is 2.17 bits per heavy atom. The van der Waals surface area contributed by atoms with E-state index in [0.717, 1.165) is 26.2 Å². The molecule has 104 valence electrons.